The maximum atomic E-state index is 5.54. The molecule has 92 valence electrons. The SMILES string of the molecule is CCCCC(CCC)C(OC)(OC)O[SiH3]. The number of methoxy groups -OCH3 is 2. The molecule has 0 aliphatic heterocycles. The Balaban J connectivity index is 4.50. The summed E-state index contributed by atoms with van der Waals surface area (Å²) in [7, 11) is 3.95. The average Bonchev–Trinajstić information content (AvgIpc) is 2.28. The molecular formula is C11H26O3Si. The Labute approximate surface area is 97.0 Å². The molecular weight excluding hydrogens is 208 g/mol. The van der Waals surface area contributed by atoms with Gasteiger partial charge in [-0.15, -0.1) is 0 Å². The van der Waals surface area contributed by atoms with E-state index < -0.39 is 5.97 Å². The van der Waals surface area contributed by atoms with E-state index in [9.17, 15) is 0 Å². The van der Waals surface area contributed by atoms with Gasteiger partial charge in [0.05, 0.1) is 0 Å². The van der Waals surface area contributed by atoms with Gasteiger partial charge in [-0.05, 0) is 12.8 Å². The Morgan fingerprint density at radius 3 is 2.00 bits per heavy atom. The topological polar surface area (TPSA) is 27.7 Å². The summed E-state index contributed by atoms with van der Waals surface area (Å²) in [5.74, 6) is -0.452. The zero-order valence-electron chi connectivity index (χ0n) is 10.8. The minimum atomic E-state index is -0.794. The van der Waals surface area contributed by atoms with Gasteiger partial charge in [0.2, 0.25) is 0 Å². The van der Waals surface area contributed by atoms with Crippen LogP contribution in [0.25, 0.3) is 0 Å². The Morgan fingerprint density at radius 1 is 1.07 bits per heavy atom. The first kappa shape index (κ1) is 15.1. The molecule has 3 nitrogen and oxygen atoms in total. The van der Waals surface area contributed by atoms with Crippen molar-refractivity contribution in [3.05, 3.63) is 0 Å². The van der Waals surface area contributed by atoms with Gasteiger partial charge in [0.15, 0.2) is 10.5 Å². The molecule has 1 unspecified atom stereocenters. The molecule has 0 N–H and O–H groups in total. The molecule has 0 spiro atoms. The van der Waals surface area contributed by atoms with Crippen LogP contribution in [0.5, 0.6) is 0 Å². The monoisotopic (exact) mass is 234 g/mol. The molecule has 15 heavy (non-hydrogen) atoms. The van der Waals surface area contributed by atoms with Crippen LogP contribution in [0.1, 0.15) is 46.0 Å². The molecule has 0 saturated heterocycles. The molecule has 0 aromatic carbocycles. The minimum absolute atomic E-state index is 0.343. The first-order chi connectivity index (χ1) is 7.20. The highest BCUT2D eigenvalue weighted by Crippen LogP contribution is 2.31. The molecule has 0 aliphatic carbocycles. The van der Waals surface area contributed by atoms with Gasteiger partial charge < -0.3 is 13.9 Å². The van der Waals surface area contributed by atoms with Crippen LogP contribution in [0.3, 0.4) is 0 Å². The first-order valence-electron chi connectivity index (χ1n) is 5.86. The summed E-state index contributed by atoms with van der Waals surface area (Å²) in [6.07, 6.45) is 5.72. The van der Waals surface area contributed by atoms with Gasteiger partial charge in [0.1, 0.15) is 0 Å². The Hall–Kier alpha value is 0.0969. The lowest BCUT2D eigenvalue weighted by atomic mass is 9.94. The molecule has 0 amide bonds. The van der Waals surface area contributed by atoms with Gasteiger partial charge in [-0.1, -0.05) is 33.1 Å². The van der Waals surface area contributed by atoms with Crippen LogP contribution < -0.4 is 0 Å². The van der Waals surface area contributed by atoms with E-state index in [1.807, 2.05) is 0 Å². The van der Waals surface area contributed by atoms with Crippen LogP contribution >= 0.6 is 0 Å². The number of rotatable bonds is 9. The molecule has 0 aliphatic rings. The van der Waals surface area contributed by atoms with Crippen LogP contribution in [-0.2, 0) is 13.9 Å². The Bertz CT molecular complexity index is 141. The molecule has 0 heterocycles. The molecule has 0 fully saturated rings. The molecule has 0 bridgehead atoms. The summed E-state index contributed by atoms with van der Waals surface area (Å²) < 4.78 is 16.4. The maximum absolute atomic E-state index is 5.54. The van der Waals surface area contributed by atoms with E-state index in [-0.39, 0.29) is 0 Å². The lowest BCUT2D eigenvalue weighted by Crippen LogP contribution is -2.44. The molecule has 0 saturated carbocycles. The highest BCUT2D eigenvalue weighted by atomic mass is 28.2. The lowest BCUT2D eigenvalue weighted by Gasteiger charge is -2.37. The normalized spacial score (nSPS) is 14.4. The van der Waals surface area contributed by atoms with Gasteiger partial charge in [0, 0.05) is 20.1 Å². The van der Waals surface area contributed by atoms with Gasteiger partial charge in [-0.25, -0.2) is 0 Å². The predicted molar refractivity (Wildman–Crippen MR) is 65.7 cm³/mol. The van der Waals surface area contributed by atoms with Crippen molar-refractivity contribution in [2.24, 2.45) is 5.92 Å². The molecule has 4 heteroatoms. The summed E-state index contributed by atoms with van der Waals surface area (Å²) in [5, 5.41) is 0. The van der Waals surface area contributed by atoms with Gasteiger partial charge in [-0.2, -0.15) is 0 Å². The third-order valence-corrected chi connectivity index (χ3v) is 3.47. The van der Waals surface area contributed by atoms with Crippen molar-refractivity contribution >= 4 is 10.5 Å². The van der Waals surface area contributed by atoms with E-state index in [0.29, 0.717) is 16.4 Å². The summed E-state index contributed by atoms with van der Waals surface area (Å²) in [6, 6.07) is 0. The van der Waals surface area contributed by atoms with Gasteiger partial charge >= 0.3 is 0 Å². The zero-order chi connectivity index (χ0) is 11.7. The van der Waals surface area contributed by atoms with E-state index in [4.69, 9.17) is 13.9 Å². The molecule has 1 atom stereocenters. The number of ether oxygens (including phenoxy) is 2. The van der Waals surface area contributed by atoms with Crippen molar-refractivity contribution in [2.45, 2.75) is 51.9 Å². The average molecular weight is 234 g/mol. The second-order valence-corrected chi connectivity index (χ2v) is 4.25. The molecule has 0 rings (SSSR count). The lowest BCUT2D eigenvalue weighted by molar-refractivity contribution is -0.352. The van der Waals surface area contributed by atoms with E-state index in [1.54, 1.807) is 14.2 Å². The highest BCUT2D eigenvalue weighted by Gasteiger charge is 2.38. The second kappa shape index (κ2) is 8.27. The van der Waals surface area contributed by atoms with Gasteiger partial charge in [-0.3, -0.25) is 0 Å². The van der Waals surface area contributed by atoms with Crippen LogP contribution in [0.15, 0.2) is 0 Å². The summed E-state index contributed by atoms with van der Waals surface area (Å²) in [6.45, 7) is 4.38. The number of unbranched alkanes of at least 4 members (excludes halogenated alkanes) is 1. The first-order valence-corrected chi connectivity index (χ1v) is 6.67. The zero-order valence-corrected chi connectivity index (χ0v) is 12.8. The fraction of sp³-hybridized carbons (Fsp3) is 1.00. The number of hydrogen-bond acceptors (Lipinski definition) is 3. The van der Waals surface area contributed by atoms with Crippen molar-refractivity contribution in [1.29, 1.82) is 0 Å². The Kier molecular flexibility index (Phi) is 8.33. The van der Waals surface area contributed by atoms with Crippen molar-refractivity contribution in [2.75, 3.05) is 14.2 Å². The van der Waals surface area contributed by atoms with Crippen LogP contribution in [-0.4, -0.2) is 30.7 Å². The smallest absolute Gasteiger partial charge is 0.275 e. The third-order valence-electron chi connectivity index (χ3n) is 2.90. The van der Waals surface area contributed by atoms with Crippen LogP contribution in [0, 0.1) is 5.92 Å². The largest absolute Gasteiger partial charge is 0.380 e. The van der Waals surface area contributed by atoms with Crippen molar-refractivity contribution in [1.82, 2.24) is 0 Å². The second-order valence-electron chi connectivity index (χ2n) is 3.84. The molecule has 0 radical (unpaired) electrons. The minimum Gasteiger partial charge on any atom is -0.380 e. The Morgan fingerprint density at radius 2 is 1.67 bits per heavy atom. The molecule has 0 aromatic rings. The van der Waals surface area contributed by atoms with E-state index in [0.717, 1.165) is 19.3 Å². The van der Waals surface area contributed by atoms with Crippen molar-refractivity contribution < 1.29 is 13.9 Å². The van der Waals surface area contributed by atoms with Crippen LogP contribution in [0.4, 0.5) is 0 Å². The fourth-order valence-corrected chi connectivity index (χ4v) is 2.71. The maximum Gasteiger partial charge on any atom is 0.275 e. The van der Waals surface area contributed by atoms with E-state index >= 15 is 0 Å². The highest BCUT2D eigenvalue weighted by molar-refractivity contribution is 5.98. The van der Waals surface area contributed by atoms with E-state index in [1.165, 1.54) is 12.8 Å². The van der Waals surface area contributed by atoms with Crippen molar-refractivity contribution in [3.63, 3.8) is 0 Å². The van der Waals surface area contributed by atoms with E-state index in [2.05, 4.69) is 13.8 Å². The third kappa shape index (κ3) is 4.22. The van der Waals surface area contributed by atoms with Crippen LogP contribution in [0.2, 0.25) is 0 Å². The summed E-state index contributed by atoms with van der Waals surface area (Å²) in [4.78, 5) is 0. The fourth-order valence-electron chi connectivity index (χ4n) is 2.05. The van der Waals surface area contributed by atoms with Gasteiger partial charge in [0.25, 0.3) is 5.97 Å². The number of hydrogen-bond donors (Lipinski definition) is 0. The summed E-state index contributed by atoms with van der Waals surface area (Å²) in [5.41, 5.74) is 0. The standard InChI is InChI=1S/C11H26O3Si/c1-5-7-9-10(8-6-2)11(12-3,13-4)14-15/h10H,5-9H2,1-4,15H3. The quantitative estimate of drug-likeness (QED) is 0.450. The predicted octanol–water partition coefficient (Wildman–Crippen LogP) is 1.84. The molecule has 0 aromatic heterocycles. The summed E-state index contributed by atoms with van der Waals surface area (Å²) >= 11 is 0. The van der Waals surface area contributed by atoms with Crippen molar-refractivity contribution in [3.8, 4) is 0 Å².